The second-order valence-electron chi connectivity index (χ2n) is 5.93. The van der Waals surface area contributed by atoms with Crippen molar-refractivity contribution in [2.75, 3.05) is 6.54 Å². The maximum atomic E-state index is 12.3. The second kappa shape index (κ2) is 3.59. The summed E-state index contributed by atoms with van der Waals surface area (Å²) in [6, 6.07) is 0. The topological polar surface area (TPSA) is 49.0 Å². The zero-order valence-electron chi connectivity index (χ0n) is 10.6. The number of piperidine rings is 1. The Labute approximate surface area is 107 Å². The summed E-state index contributed by atoms with van der Waals surface area (Å²) < 4.78 is 0. The van der Waals surface area contributed by atoms with Gasteiger partial charge in [0.2, 0.25) is 5.91 Å². The number of carbonyl (C=O) groups excluding carboxylic acids is 1. The molecule has 2 atom stereocenters. The van der Waals surface area contributed by atoms with E-state index in [9.17, 15) is 4.79 Å². The normalized spacial score (nSPS) is 34.8. The molecule has 3 aliphatic rings. The summed E-state index contributed by atoms with van der Waals surface area (Å²) in [6.07, 6.45) is 9.47. The number of fused-ring (bicyclic) bond motifs is 1. The number of rotatable bonds is 0. The van der Waals surface area contributed by atoms with Gasteiger partial charge in [0.25, 0.3) is 0 Å². The number of aromatic amines is 1. The zero-order chi connectivity index (χ0) is 12.2. The van der Waals surface area contributed by atoms with Gasteiger partial charge in [-0.05, 0) is 25.2 Å². The first-order valence-electron chi connectivity index (χ1n) is 7.15. The lowest BCUT2D eigenvalue weighted by atomic mass is 9.64. The van der Waals surface area contributed by atoms with E-state index in [0.717, 1.165) is 32.2 Å². The molecule has 1 spiro atoms. The van der Waals surface area contributed by atoms with Gasteiger partial charge in [0.15, 0.2) is 0 Å². The molecule has 4 heteroatoms. The second-order valence-corrected chi connectivity index (χ2v) is 5.93. The van der Waals surface area contributed by atoms with E-state index in [1.807, 2.05) is 6.33 Å². The summed E-state index contributed by atoms with van der Waals surface area (Å²) >= 11 is 0. The Kier molecular flexibility index (Phi) is 2.11. The first-order valence-corrected chi connectivity index (χ1v) is 7.15. The van der Waals surface area contributed by atoms with E-state index < -0.39 is 0 Å². The van der Waals surface area contributed by atoms with E-state index in [4.69, 9.17) is 0 Å². The van der Waals surface area contributed by atoms with E-state index >= 15 is 0 Å². The lowest BCUT2D eigenvalue weighted by Gasteiger charge is -2.55. The highest BCUT2D eigenvalue weighted by molar-refractivity contribution is 5.79. The minimum atomic E-state index is -0.0544. The van der Waals surface area contributed by atoms with Crippen LogP contribution in [0.15, 0.2) is 6.33 Å². The van der Waals surface area contributed by atoms with Crippen LogP contribution in [0.5, 0.6) is 0 Å². The van der Waals surface area contributed by atoms with E-state index in [1.165, 1.54) is 30.7 Å². The molecule has 1 N–H and O–H groups in total. The number of hydrogen-bond acceptors (Lipinski definition) is 2. The first kappa shape index (κ1) is 10.6. The number of imidazole rings is 1. The van der Waals surface area contributed by atoms with Gasteiger partial charge in [-0.15, -0.1) is 0 Å². The number of hydrogen-bond donors (Lipinski definition) is 1. The zero-order valence-corrected chi connectivity index (χ0v) is 10.6. The largest absolute Gasteiger partial charge is 0.348 e. The number of carbonyl (C=O) groups is 1. The minimum absolute atomic E-state index is 0.0544. The fourth-order valence-corrected chi connectivity index (χ4v) is 4.49. The lowest BCUT2D eigenvalue weighted by Crippen LogP contribution is -2.61. The minimum Gasteiger partial charge on any atom is -0.348 e. The molecule has 96 valence electrons. The Morgan fingerprint density at radius 2 is 2.28 bits per heavy atom. The highest BCUT2D eigenvalue weighted by atomic mass is 16.2. The maximum absolute atomic E-state index is 12.3. The van der Waals surface area contributed by atoms with Crippen molar-refractivity contribution < 1.29 is 4.79 Å². The number of nitrogens with one attached hydrogen (secondary N) is 1. The van der Waals surface area contributed by atoms with Crippen LogP contribution in [0.4, 0.5) is 0 Å². The summed E-state index contributed by atoms with van der Waals surface area (Å²) in [7, 11) is 0. The Bertz CT molecular complexity index is 495. The monoisotopic (exact) mass is 245 g/mol. The Balaban J connectivity index is 1.90. The Morgan fingerprint density at radius 3 is 3.22 bits per heavy atom. The molecule has 18 heavy (non-hydrogen) atoms. The molecule has 1 saturated heterocycles. The quantitative estimate of drug-likeness (QED) is 0.759. The molecule has 1 aromatic rings. The van der Waals surface area contributed by atoms with Crippen molar-refractivity contribution in [2.45, 2.75) is 50.5 Å². The average Bonchev–Trinajstić information content (AvgIpc) is 2.87. The van der Waals surface area contributed by atoms with Gasteiger partial charge in [-0.1, -0.05) is 12.8 Å². The molecular formula is C14H19N3O. The van der Waals surface area contributed by atoms with Gasteiger partial charge in [0.1, 0.15) is 0 Å². The van der Waals surface area contributed by atoms with Gasteiger partial charge in [-0.2, -0.15) is 0 Å². The fraction of sp³-hybridized carbons (Fsp3) is 0.714. The summed E-state index contributed by atoms with van der Waals surface area (Å²) in [5.41, 5.74) is 2.40. The predicted molar refractivity (Wildman–Crippen MR) is 66.9 cm³/mol. The third kappa shape index (κ3) is 1.16. The Morgan fingerprint density at radius 1 is 1.33 bits per heavy atom. The summed E-state index contributed by atoms with van der Waals surface area (Å²) in [5.74, 6) is 0.980. The molecule has 2 aliphatic heterocycles. The SMILES string of the molecule is O=C1CCC2CCCCC23c2nc[nH]c2CCN13. The molecule has 0 aromatic carbocycles. The summed E-state index contributed by atoms with van der Waals surface area (Å²) in [4.78, 5) is 22.4. The van der Waals surface area contributed by atoms with Crippen molar-refractivity contribution in [3.8, 4) is 0 Å². The number of amides is 1. The molecule has 3 heterocycles. The molecular weight excluding hydrogens is 226 g/mol. The van der Waals surface area contributed by atoms with E-state index in [-0.39, 0.29) is 5.54 Å². The van der Waals surface area contributed by atoms with Crippen LogP contribution in [0.2, 0.25) is 0 Å². The van der Waals surface area contributed by atoms with Crippen LogP contribution in [0.3, 0.4) is 0 Å². The molecule has 0 bridgehead atoms. The molecule has 2 unspecified atom stereocenters. The van der Waals surface area contributed by atoms with Crippen LogP contribution in [-0.2, 0) is 16.8 Å². The standard InChI is InChI=1S/C14H19N3O/c18-12-5-4-10-3-1-2-7-14(10)13-11(15-9-16-13)6-8-17(12)14/h9-10H,1-8H2,(H,15,16). The summed E-state index contributed by atoms with van der Waals surface area (Å²) in [6.45, 7) is 0.879. The van der Waals surface area contributed by atoms with Crippen molar-refractivity contribution in [1.82, 2.24) is 14.9 Å². The molecule has 1 amide bonds. The van der Waals surface area contributed by atoms with Crippen LogP contribution >= 0.6 is 0 Å². The Hall–Kier alpha value is -1.32. The predicted octanol–water partition coefficient (Wildman–Crippen LogP) is 1.97. The van der Waals surface area contributed by atoms with Crippen LogP contribution in [0.1, 0.15) is 49.9 Å². The molecule has 1 aliphatic carbocycles. The third-order valence-corrected chi connectivity index (χ3v) is 5.24. The van der Waals surface area contributed by atoms with E-state index in [2.05, 4.69) is 14.9 Å². The van der Waals surface area contributed by atoms with Gasteiger partial charge in [0, 0.05) is 25.1 Å². The number of nitrogens with zero attached hydrogens (tertiary/aromatic N) is 2. The molecule has 1 aromatic heterocycles. The third-order valence-electron chi connectivity index (χ3n) is 5.24. The fourth-order valence-electron chi connectivity index (χ4n) is 4.49. The highest BCUT2D eigenvalue weighted by Crippen LogP contribution is 2.52. The van der Waals surface area contributed by atoms with Gasteiger partial charge in [-0.3, -0.25) is 4.79 Å². The van der Waals surface area contributed by atoms with E-state index in [1.54, 1.807) is 0 Å². The van der Waals surface area contributed by atoms with Gasteiger partial charge < -0.3 is 9.88 Å². The van der Waals surface area contributed by atoms with Gasteiger partial charge >= 0.3 is 0 Å². The highest BCUT2D eigenvalue weighted by Gasteiger charge is 2.54. The van der Waals surface area contributed by atoms with E-state index in [0.29, 0.717) is 11.8 Å². The summed E-state index contributed by atoms with van der Waals surface area (Å²) in [5, 5.41) is 0. The smallest absolute Gasteiger partial charge is 0.223 e. The molecule has 1 saturated carbocycles. The van der Waals surface area contributed by atoms with Crippen LogP contribution in [0.25, 0.3) is 0 Å². The van der Waals surface area contributed by atoms with Crippen LogP contribution in [0, 0.1) is 5.92 Å². The lowest BCUT2D eigenvalue weighted by molar-refractivity contribution is -0.152. The molecule has 4 rings (SSSR count). The van der Waals surface area contributed by atoms with Crippen molar-refractivity contribution in [2.24, 2.45) is 5.92 Å². The van der Waals surface area contributed by atoms with Crippen molar-refractivity contribution in [3.05, 3.63) is 17.7 Å². The van der Waals surface area contributed by atoms with Crippen LogP contribution < -0.4 is 0 Å². The first-order chi connectivity index (χ1) is 8.82. The van der Waals surface area contributed by atoms with Gasteiger partial charge in [-0.25, -0.2) is 4.98 Å². The van der Waals surface area contributed by atoms with Crippen molar-refractivity contribution in [1.29, 1.82) is 0 Å². The van der Waals surface area contributed by atoms with Crippen molar-refractivity contribution in [3.63, 3.8) is 0 Å². The van der Waals surface area contributed by atoms with Crippen molar-refractivity contribution >= 4 is 5.91 Å². The van der Waals surface area contributed by atoms with Gasteiger partial charge in [0.05, 0.1) is 17.6 Å². The molecule has 0 radical (unpaired) electrons. The number of aromatic nitrogens is 2. The maximum Gasteiger partial charge on any atom is 0.223 e. The van der Waals surface area contributed by atoms with Crippen LogP contribution in [-0.4, -0.2) is 27.3 Å². The average molecular weight is 245 g/mol. The molecule has 2 fully saturated rings. The number of H-pyrrole nitrogens is 1. The molecule has 4 nitrogen and oxygen atoms in total.